The minimum absolute atomic E-state index is 0.0194. The van der Waals surface area contributed by atoms with Crippen molar-refractivity contribution in [2.24, 2.45) is 0 Å². The van der Waals surface area contributed by atoms with E-state index < -0.39 is 0 Å². The highest BCUT2D eigenvalue weighted by atomic mass is 35.5. The molecule has 168 valence electrons. The van der Waals surface area contributed by atoms with E-state index in [2.05, 4.69) is 10.3 Å². The van der Waals surface area contributed by atoms with Crippen molar-refractivity contribution >= 4 is 17.5 Å². The Balaban J connectivity index is 1.33. The number of amides is 1. The lowest BCUT2D eigenvalue weighted by molar-refractivity contribution is -0.121. The van der Waals surface area contributed by atoms with Crippen molar-refractivity contribution in [1.29, 1.82) is 0 Å². The van der Waals surface area contributed by atoms with Gasteiger partial charge in [-0.25, -0.2) is 4.98 Å². The Morgan fingerprint density at radius 3 is 2.53 bits per heavy atom. The number of carbonyl (C=O) groups is 1. The lowest BCUT2D eigenvalue weighted by atomic mass is 9.74. The van der Waals surface area contributed by atoms with Crippen LogP contribution >= 0.6 is 11.6 Å². The molecular weight excluding hydrogens is 428 g/mol. The molecule has 4 rings (SSSR count). The largest absolute Gasteiger partial charge is 0.497 e. The average Bonchev–Trinajstić information content (AvgIpc) is 3.31. The van der Waals surface area contributed by atoms with Gasteiger partial charge in [-0.3, -0.25) is 4.79 Å². The molecule has 1 aliphatic rings. The zero-order valence-corrected chi connectivity index (χ0v) is 18.9. The number of carbonyl (C=O) groups excluding carboxylic acids is 1. The Labute approximate surface area is 192 Å². The normalized spacial score (nSPS) is 15.3. The van der Waals surface area contributed by atoms with Gasteiger partial charge in [-0.2, -0.15) is 0 Å². The second-order valence-electron chi connectivity index (χ2n) is 8.02. The highest BCUT2D eigenvalue weighted by Crippen LogP contribution is 2.35. The maximum atomic E-state index is 12.6. The summed E-state index contributed by atoms with van der Waals surface area (Å²) in [6, 6.07) is 15.5. The van der Waals surface area contributed by atoms with E-state index in [1.54, 1.807) is 13.3 Å². The monoisotopic (exact) mass is 454 g/mol. The van der Waals surface area contributed by atoms with Crippen LogP contribution in [0.25, 0.3) is 11.3 Å². The van der Waals surface area contributed by atoms with Gasteiger partial charge in [0.1, 0.15) is 5.75 Å². The predicted molar refractivity (Wildman–Crippen MR) is 123 cm³/mol. The third-order valence-electron chi connectivity index (χ3n) is 6.02. The average molecular weight is 455 g/mol. The van der Waals surface area contributed by atoms with Crippen molar-refractivity contribution in [1.82, 2.24) is 10.3 Å². The van der Waals surface area contributed by atoms with E-state index in [1.165, 1.54) is 5.56 Å². The summed E-state index contributed by atoms with van der Waals surface area (Å²) in [5.41, 5.74) is 1.96. The Morgan fingerprint density at radius 1 is 1.12 bits per heavy atom. The summed E-state index contributed by atoms with van der Waals surface area (Å²) in [7, 11) is 1.63. The Hall–Kier alpha value is -2.83. The molecule has 1 aromatic heterocycles. The standard InChI is InChI=1S/C25H27ClN2O4/c1-30-21-8-2-18(3-9-21)22-16-27-24(32-22)11-10-23(29)28-17-25(12-14-31-15-13-25)19-4-6-20(26)7-5-19/h2-9,16H,10-15,17H2,1H3,(H,28,29). The van der Waals surface area contributed by atoms with Crippen LogP contribution in [-0.2, 0) is 21.4 Å². The fourth-order valence-electron chi connectivity index (χ4n) is 4.02. The maximum absolute atomic E-state index is 12.6. The van der Waals surface area contributed by atoms with Crippen LogP contribution in [0.3, 0.4) is 0 Å². The molecule has 0 radical (unpaired) electrons. The first-order valence-electron chi connectivity index (χ1n) is 10.8. The van der Waals surface area contributed by atoms with Crippen LogP contribution in [0.4, 0.5) is 0 Å². The zero-order chi connectivity index (χ0) is 22.4. The van der Waals surface area contributed by atoms with Gasteiger partial charge in [0.15, 0.2) is 11.7 Å². The first-order valence-corrected chi connectivity index (χ1v) is 11.2. The highest BCUT2D eigenvalue weighted by Gasteiger charge is 2.34. The molecule has 0 spiro atoms. The highest BCUT2D eigenvalue weighted by molar-refractivity contribution is 6.30. The Kier molecular flexibility index (Phi) is 7.12. The predicted octanol–water partition coefficient (Wildman–Crippen LogP) is 4.80. The summed E-state index contributed by atoms with van der Waals surface area (Å²) in [5, 5.41) is 3.83. The van der Waals surface area contributed by atoms with Crippen molar-refractivity contribution in [3.05, 3.63) is 71.2 Å². The summed E-state index contributed by atoms with van der Waals surface area (Å²) in [4.78, 5) is 16.9. The van der Waals surface area contributed by atoms with Gasteiger partial charge in [0.25, 0.3) is 0 Å². The molecule has 0 aliphatic carbocycles. The molecule has 0 atom stereocenters. The number of nitrogens with zero attached hydrogens (tertiary/aromatic N) is 1. The molecule has 2 aromatic carbocycles. The van der Waals surface area contributed by atoms with Crippen molar-refractivity contribution in [2.45, 2.75) is 31.1 Å². The topological polar surface area (TPSA) is 73.6 Å². The maximum Gasteiger partial charge on any atom is 0.220 e. The summed E-state index contributed by atoms with van der Waals surface area (Å²) in [6.07, 6.45) is 4.17. The van der Waals surface area contributed by atoms with Crippen LogP contribution in [0.5, 0.6) is 5.75 Å². The fourth-order valence-corrected chi connectivity index (χ4v) is 4.15. The molecule has 1 amide bonds. The lowest BCUT2D eigenvalue weighted by Crippen LogP contribution is -2.44. The van der Waals surface area contributed by atoms with E-state index in [1.807, 2.05) is 48.5 Å². The van der Waals surface area contributed by atoms with Crippen LogP contribution in [0.2, 0.25) is 5.02 Å². The molecular formula is C25H27ClN2O4. The third kappa shape index (κ3) is 5.31. The first-order chi connectivity index (χ1) is 15.6. The minimum Gasteiger partial charge on any atom is -0.497 e. The minimum atomic E-state index is -0.136. The van der Waals surface area contributed by atoms with Gasteiger partial charge in [-0.1, -0.05) is 23.7 Å². The molecule has 0 unspecified atom stereocenters. The smallest absolute Gasteiger partial charge is 0.220 e. The summed E-state index contributed by atoms with van der Waals surface area (Å²) in [6.45, 7) is 1.94. The number of benzene rings is 2. The molecule has 1 saturated heterocycles. The van der Waals surface area contributed by atoms with E-state index >= 15 is 0 Å². The van der Waals surface area contributed by atoms with Crippen LogP contribution in [0, 0.1) is 0 Å². The van der Waals surface area contributed by atoms with Gasteiger partial charge in [-0.15, -0.1) is 0 Å². The van der Waals surface area contributed by atoms with Crippen LogP contribution in [-0.4, -0.2) is 37.8 Å². The number of hydrogen-bond acceptors (Lipinski definition) is 5. The SMILES string of the molecule is COc1ccc(-c2cnc(CCC(=O)NCC3(c4ccc(Cl)cc4)CCOCC3)o2)cc1. The van der Waals surface area contributed by atoms with E-state index in [-0.39, 0.29) is 11.3 Å². The number of aromatic nitrogens is 1. The summed E-state index contributed by atoms with van der Waals surface area (Å²) in [5.74, 6) is 1.98. The molecule has 1 fully saturated rings. The number of methoxy groups -OCH3 is 1. The number of hydrogen-bond donors (Lipinski definition) is 1. The summed E-state index contributed by atoms with van der Waals surface area (Å²) >= 11 is 6.06. The summed E-state index contributed by atoms with van der Waals surface area (Å²) < 4.78 is 16.6. The molecule has 3 aromatic rings. The molecule has 7 heteroatoms. The number of aryl methyl sites for hydroxylation is 1. The van der Waals surface area contributed by atoms with Crippen molar-refractivity contribution in [3.8, 4) is 17.1 Å². The van der Waals surface area contributed by atoms with Crippen molar-refractivity contribution in [2.75, 3.05) is 26.9 Å². The van der Waals surface area contributed by atoms with Crippen LogP contribution in [0.15, 0.2) is 59.1 Å². The second kappa shape index (κ2) is 10.2. The molecule has 2 heterocycles. The van der Waals surface area contributed by atoms with Gasteiger partial charge in [0.2, 0.25) is 5.91 Å². The molecule has 32 heavy (non-hydrogen) atoms. The molecule has 1 aliphatic heterocycles. The number of rotatable bonds is 8. The van der Waals surface area contributed by atoms with E-state index in [4.69, 9.17) is 25.5 Å². The van der Waals surface area contributed by atoms with Gasteiger partial charge in [0.05, 0.1) is 13.3 Å². The van der Waals surface area contributed by atoms with Crippen LogP contribution in [0.1, 0.15) is 30.7 Å². The Bertz CT molecular complexity index is 1020. The number of oxazole rings is 1. The second-order valence-corrected chi connectivity index (χ2v) is 8.46. The van der Waals surface area contributed by atoms with Gasteiger partial charge in [-0.05, 0) is 54.8 Å². The molecule has 0 saturated carbocycles. The molecule has 6 nitrogen and oxygen atoms in total. The quantitative estimate of drug-likeness (QED) is 0.529. The van der Waals surface area contributed by atoms with E-state index in [0.29, 0.717) is 49.3 Å². The number of nitrogens with one attached hydrogen (secondary N) is 1. The van der Waals surface area contributed by atoms with Crippen molar-refractivity contribution in [3.63, 3.8) is 0 Å². The number of halogens is 1. The lowest BCUT2D eigenvalue weighted by Gasteiger charge is -2.38. The van der Waals surface area contributed by atoms with Gasteiger partial charge >= 0.3 is 0 Å². The fraction of sp³-hybridized carbons (Fsp3) is 0.360. The number of ether oxygens (including phenoxy) is 2. The van der Waals surface area contributed by atoms with Crippen LogP contribution < -0.4 is 10.1 Å². The van der Waals surface area contributed by atoms with Gasteiger partial charge in [0, 0.05) is 48.6 Å². The van der Waals surface area contributed by atoms with E-state index in [9.17, 15) is 4.79 Å². The third-order valence-corrected chi connectivity index (χ3v) is 6.28. The molecule has 0 bridgehead atoms. The van der Waals surface area contributed by atoms with E-state index in [0.717, 1.165) is 24.2 Å². The molecule has 1 N–H and O–H groups in total. The zero-order valence-electron chi connectivity index (χ0n) is 18.1. The van der Waals surface area contributed by atoms with Crippen molar-refractivity contribution < 1.29 is 18.7 Å². The first kappa shape index (κ1) is 22.4. The van der Waals surface area contributed by atoms with Gasteiger partial charge < -0.3 is 19.2 Å². The Morgan fingerprint density at radius 2 is 1.84 bits per heavy atom.